The van der Waals surface area contributed by atoms with Gasteiger partial charge in [0.1, 0.15) is 5.75 Å². The SMILES string of the molecule is COc1cnccc1C(=O)Nc1ccncc1Br. The van der Waals surface area contributed by atoms with Gasteiger partial charge >= 0.3 is 0 Å². The number of ether oxygens (including phenoxy) is 1. The number of nitrogens with zero attached hydrogens (tertiary/aromatic N) is 2. The Morgan fingerprint density at radius 1 is 1.28 bits per heavy atom. The zero-order valence-corrected chi connectivity index (χ0v) is 11.1. The summed E-state index contributed by atoms with van der Waals surface area (Å²) in [7, 11) is 1.50. The van der Waals surface area contributed by atoms with Crippen molar-refractivity contribution in [2.45, 2.75) is 0 Å². The molecular formula is C12H10BrN3O2. The maximum absolute atomic E-state index is 12.1. The third kappa shape index (κ3) is 2.65. The first-order chi connectivity index (χ1) is 8.72. The molecule has 0 spiro atoms. The highest BCUT2D eigenvalue weighted by molar-refractivity contribution is 9.10. The highest BCUT2D eigenvalue weighted by atomic mass is 79.9. The van der Waals surface area contributed by atoms with Gasteiger partial charge in [-0.05, 0) is 28.1 Å². The molecule has 92 valence electrons. The average molecular weight is 308 g/mol. The smallest absolute Gasteiger partial charge is 0.259 e. The van der Waals surface area contributed by atoms with Crippen LogP contribution in [0.5, 0.6) is 5.75 Å². The van der Waals surface area contributed by atoms with E-state index in [0.29, 0.717) is 21.5 Å². The molecule has 2 rings (SSSR count). The summed E-state index contributed by atoms with van der Waals surface area (Å²) >= 11 is 3.31. The number of carbonyl (C=O) groups excluding carboxylic acids is 1. The maximum Gasteiger partial charge on any atom is 0.259 e. The topological polar surface area (TPSA) is 64.1 Å². The first-order valence-corrected chi connectivity index (χ1v) is 5.90. The monoisotopic (exact) mass is 307 g/mol. The van der Waals surface area contributed by atoms with Crippen molar-refractivity contribution in [3.63, 3.8) is 0 Å². The van der Waals surface area contributed by atoms with E-state index in [2.05, 4.69) is 31.2 Å². The summed E-state index contributed by atoms with van der Waals surface area (Å²) in [5.41, 5.74) is 1.07. The number of aromatic nitrogens is 2. The van der Waals surface area contributed by atoms with Crippen molar-refractivity contribution >= 4 is 27.5 Å². The van der Waals surface area contributed by atoms with E-state index in [0.717, 1.165) is 0 Å². The summed E-state index contributed by atoms with van der Waals surface area (Å²) in [6.45, 7) is 0. The number of nitrogens with one attached hydrogen (secondary N) is 1. The van der Waals surface area contributed by atoms with Crippen molar-refractivity contribution in [2.75, 3.05) is 12.4 Å². The van der Waals surface area contributed by atoms with Gasteiger partial charge in [0, 0.05) is 18.6 Å². The number of anilines is 1. The lowest BCUT2D eigenvalue weighted by Gasteiger charge is -2.09. The van der Waals surface area contributed by atoms with Gasteiger partial charge in [0.05, 0.1) is 29.0 Å². The highest BCUT2D eigenvalue weighted by Crippen LogP contribution is 2.22. The Balaban J connectivity index is 2.25. The van der Waals surface area contributed by atoms with Gasteiger partial charge in [-0.25, -0.2) is 0 Å². The van der Waals surface area contributed by atoms with Gasteiger partial charge in [-0.2, -0.15) is 0 Å². The van der Waals surface area contributed by atoms with E-state index < -0.39 is 0 Å². The summed E-state index contributed by atoms with van der Waals surface area (Å²) in [5, 5.41) is 2.77. The number of methoxy groups -OCH3 is 1. The summed E-state index contributed by atoms with van der Waals surface area (Å²) < 4.78 is 5.80. The molecule has 0 aromatic carbocycles. The second-order valence-electron chi connectivity index (χ2n) is 3.39. The van der Waals surface area contributed by atoms with Gasteiger partial charge < -0.3 is 10.1 Å². The van der Waals surface area contributed by atoms with Crippen LogP contribution in [0.25, 0.3) is 0 Å². The minimum absolute atomic E-state index is 0.263. The summed E-state index contributed by atoms with van der Waals surface area (Å²) in [5.74, 6) is 0.168. The van der Waals surface area contributed by atoms with E-state index in [9.17, 15) is 4.79 Å². The molecule has 0 aliphatic rings. The predicted molar refractivity (Wildman–Crippen MR) is 70.7 cm³/mol. The lowest BCUT2D eigenvalue weighted by molar-refractivity contribution is 0.102. The molecule has 0 radical (unpaired) electrons. The Morgan fingerprint density at radius 3 is 2.72 bits per heavy atom. The standard InChI is InChI=1S/C12H10BrN3O2/c1-18-11-7-15-4-2-8(11)12(17)16-10-3-5-14-6-9(10)13/h2-7H,1H3,(H,14,16,17). The van der Waals surface area contributed by atoms with E-state index in [4.69, 9.17) is 4.74 Å². The molecule has 6 heteroatoms. The van der Waals surface area contributed by atoms with Crippen molar-refractivity contribution in [1.29, 1.82) is 0 Å². The van der Waals surface area contributed by atoms with Crippen LogP contribution in [0.4, 0.5) is 5.69 Å². The minimum Gasteiger partial charge on any atom is -0.494 e. The van der Waals surface area contributed by atoms with Crippen LogP contribution in [0.15, 0.2) is 41.4 Å². The number of hydrogen-bond acceptors (Lipinski definition) is 4. The highest BCUT2D eigenvalue weighted by Gasteiger charge is 2.13. The largest absolute Gasteiger partial charge is 0.494 e. The van der Waals surface area contributed by atoms with Crippen molar-refractivity contribution in [3.8, 4) is 5.75 Å². The molecule has 0 bridgehead atoms. The Bertz CT molecular complexity index is 575. The summed E-state index contributed by atoms with van der Waals surface area (Å²) in [6.07, 6.45) is 6.25. The number of rotatable bonds is 3. The fourth-order valence-electron chi connectivity index (χ4n) is 1.40. The van der Waals surface area contributed by atoms with Crippen molar-refractivity contribution < 1.29 is 9.53 Å². The van der Waals surface area contributed by atoms with Gasteiger partial charge in [0.15, 0.2) is 0 Å². The zero-order valence-electron chi connectivity index (χ0n) is 9.55. The lowest BCUT2D eigenvalue weighted by atomic mass is 10.2. The zero-order chi connectivity index (χ0) is 13.0. The summed E-state index contributed by atoms with van der Waals surface area (Å²) in [6, 6.07) is 3.30. The fourth-order valence-corrected chi connectivity index (χ4v) is 1.75. The molecule has 0 saturated carbocycles. The van der Waals surface area contributed by atoms with E-state index >= 15 is 0 Å². The molecule has 2 aromatic rings. The van der Waals surface area contributed by atoms with Crippen LogP contribution < -0.4 is 10.1 Å². The molecule has 18 heavy (non-hydrogen) atoms. The molecule has 0 fully saturated rings. The molecule has 0 aliphatic carbocycles. The molecule has 1 N–H and O–H groups in total. The second-order valence-corrected chi connectivity index (χ2v) is 4.24. The van der Waals surface area contributed by atoms with Crippen LogP contribution in [-0.2, 0) is 0 Å². The third-order valence-electron chi connectivity index (χ3n) is 2.27. The molecule has 0 saturated heterocycles. The Labute approximate surface area is 112 Å². The first kappa shape index (κ1) is 12.5. The van der Waals surface area contributed by atoms with Crippen LogP contribution in [0.1, 0.15) is 10.4 Å². The average Bonchev–Trinajstić information content (AvgIpc) is 2.41. The molecule has 0 atom stereocenters. The number of carbonyl (C=O) groups is 1. The van der Waals surface area contributed by atoms with Gasteiger partial charge in [0.2, 0.25) is 0 Å². The first-order valence-electron chi connectivity index (χ1n) is 5.11. The van der Waals surface area contributed by atoms with Gasteiger partial charge in [0.25, 0.3) is 5.91 Å². The Kier molecular flexibility index (Phi) is 3.88. The van der Waals surface area contributed by atoms with Gasteiger partial charge in [-0.3, -0.25) is 14.8 Å². The number of hydrogen-bond donors (Lipinski definition) is 1. The van der Waals surface area contributed by atoms with E-state index in [1.165, 1.54) is 13.3 Å². The van der Waals surface area contributed by atoms with Crippen molar-refractivity contribution in [1.82, 2.24) is 9.97 Å². The molecule has 0 aliphatic heterocycles. The number of amides is 1. The van der Waals surface area contributed by atoms with Gasteiger partial charge in [-0.1, -0.05) is 0 Å². The summed E-state index contributed by atoms with van der Waals surface area (Å²) in [4.78, 5) is 19.9. The fraction of sp³-hybridized carbons (Fsp3) is 0.0833. The van der Waals surface area contributed by atoms with Crippen molar-refractivity contribution in [2.24, 2.45) is 0 Å². The van der Waals surface area contributed by atoms with Crippen LogP contribution in [0.3, 0.4) is 0 Å². The molecule has 5 nitrogen and oxygen atoms in total. The minimum atomic E-state index is -0.263. The van der Waals surface area contributed by atoms with Crippen LogP contribution in [0, 0.1) is 0 Å². The number of pyridine rings is 2. The quantitative estimate of drug-likeness (QED) is 0.946. The molecule has 2 aromatic heterocycles. The van der Waals surface area contributed by atoms with Crippen LogP contribution in [-0.4, -0.2) is 23.0 Å². The normalized spacial score (nSPS) is 9.89. The Hall–Kier alpha value is -1.95. The molecule has 2 heterocycles. The van der Waals surface area contributed by atoms with E-state index in [1.807, 2.05) is 0 Å². The van der Waals surface area contributed by atoms with Crippen LogP contribution in [0.2, 0.25) is 0 Å². The van der Waals surface area contributed by atoms with Crippen LogP contribution >= 0.6 is 15.9 Å². The van der Waals surface area contributed by atoms with Crippen molar-refractivity contribution in [3.05, 3.63) is 47.0 Å². The molecule has 1 amide bonds. The lowest BCUT2D eigenvalue weighted by Crippen LogP contribution is -2.13. The third-order valence-corrected chi connectivity index (χ3v) is 2.90. The number of halogens is 1. The molecular weight excluding hydrogens is 298 g/mol. The predicted octanol–water partition coefficient (Wildman–Crippen LogP) is 2.50. The molecule has 0 unspecified atom stereocenters. The maximum atomic E-state index is 12.1. The Morgan fingerprint density at radius 2 is 2.00 bits per heavy atom. The second kappa shape index (κ2) is 5.59. The van der Waals surface area contributed by atoms with E-state index in [1.54, 1.807) is 30.7 Å². The van der Waals surface area contributed by atoms with E-state index in [-0.39, 0.29) is 5.91 Å². The van der Waals surface area contributed by atoms with Gasteiger partial charge in [-0.15, -0.1) is 0 Å².